The molecule has 0 aromatic heterocycles. The van der Waals surface area contributed by atoms with Gasteiger partial charge in [-0.05, 0) is 28.8 Å². The second-order valence-corrected chi connectivity index (χ2v) is 8.37. The summed E-state index contributed by atoms with van der Waals surface area (Å²) < 4.78 is 5.70. The van der Waals surface area contributed by atoms with E-state index < -0.39 is 11.9 Å². The standard InChI is InChI=1S/C25H25N3O4.C2H2O4/c29-25(19-32-24-11-9-22(10-12-24)21-6-2-1-3-7-21)27-15-13-26(14-16-27)18-20-5-4-8-23(17-20)28(30)31;3-1(4)2(5)6/h1-12,17H,13-16,18-19H2;(H,3,4)(H,5,6). The molecule has 1 amide bonds. The van der Waals surface area contributed by atoms with Crippen molar-refractivity contribution in [1.29, 1.82) is 0 Å². The van der Waals surface area contributed by atoms with Crippen LogP contribution in [0.3, 0.4) is 0 Å². The van der Waals surface area contributed by atoms with E-state index in [9.17, 15) is 14.9 Å². The van der Waals surface area contributed by atoms with Crippen molar-refractivity contribution in [3.8, 4) is 16.9 Å². The summed E-state index contributed by atoms with van der Waals surface area (Å²) in [6, 6.07) is 24.5. The molecule has 198 valence electrons. The molecule has 0 spiro atoms. The third-order valence-corrected chi connectivity index (χ3v) is 5.76. The Kier molecular flexibility index (Phi) is 9.89. The molecule has 0 unspecified atom stereocenters. The molecule has 0 aliphatic carbocycles. The minimum atomic E-state index is -1.82. The molecule has 1 aliphatic heterocycles. The molecule has 1 aliphatic rings. The SMILES string of the molecule is O=C(COc1ccc(-c2ccccc2)cc1)N1CCN(Cc2cccc([N+](=O)[O-])c2)CC1.O=C(O)C(=O)O. The van der Waals surface area contributed by atoms with Gasteiger partial charge in [-0.2, -0.15) is 0 Å². The van der Waals surface area contributed by atoms with Gasteiger partial charge >= 0.3 is 11.9 Å². The fourth-order valence-corrected chi connectivity index (χ4v) is 3.79. The zero-order valence-electron chi connectivity index (χ0n) is 20.4. The average Bonchev–Trinajstić information content (AvgIpc) is 2.93. The number of nitro groups is 1. The number of nitrogens with zero attached hydrogens (tertiary/aromatic N) is 3. The molecule has 0 radical (unpaired) electrons. The minimum Gasteiger partial charge on any atom is -0.484 e. The summed E-state index contributed by atoms with van der Waals surface area (Å²) in [5.41, 5.74) is 3.24. The monoisotopic (exact) mass is 521 g/mol. The largest absolute Gasteiger partial charge is 0.484 e. The van der Waals surface area contributed by atoms with Crippen molar-refractivity contribution in [3.05, 3.63) is 94.5 Å². The molecule has 11 heteroatoms. The molecule has 0 bridgehead atoms. The van der Waals surface area contributed by atoms with Gasteiger partial charge in [0.1, 0.15) is 5.75 Å². The lowest BCUT2D eigenvalue weighted by atomic mass is 10.1. The van der Waals surface area contributed by atoms with Gasteiger partial charge in [-0.25, -0.2) is 9.59 Å². The van der Waals surface area contributed by atoms with Crippen molar-refractivity contribution in [2.75, 3.05) is 32.8 Å². The number of piperazine rings is 1. The second kappa shape index (κ2) is 13.5. The van der Waals surface area contributed by atoms with Crippen molar-refractivity contribution in [1.82, 2.24) is 9.80 Å². The van der Waals surface area contributed by atoms with Crippen LogP contribution in [0.4, 0.5) is 5.69 Å². The molecular formula is C27H27N3O8. The van der Waals surface area contributed by atoms with Crippen LogP contribution in [-0.4, -0.2) is 75.6 Å². The van der Waals surface area contributed by atoms with Crippen LogP contribution < -0.4 is 4.74 Å². The third kappa shape index (κ3) is 8.42. The Balaban J connectivity index is 0.000000599. The van der Waals surface area contributed by atoms with Gasteiger partial charge in [0.25, 0.3) is 11.6 Å². The third-order valence-electron chi connectivity index (χ3n) is 5.76. The summed E-state index contributed by atoms with van der Waals surface area (Å²) in [4.78, 5) is 45.3. The van der Waals surface area contributed by atoms with Crippen molar-refractivity contribution in [2.24, 2.45) is 0 Å². The highest BCUT2D eigenvalue weighted by atomic mass is 16.6. The first-order valence-electron chi connectivity index (χ1n) is 11.7. The molecule has 2 N–H and O–H groups in total. The molecule has 0 atom stereocenters. The molecule has 1 heterocycles. The number of nitro benzene ring substituents is 1. The number of ether oxygens (including phenoxy) is 1. The Bertz CT molecular complexity index is 1240. The minimum absolute atomic E-state index is 0.00949. The number of carbonyl (C=O) groups excluding carboxylic acids is 1. The van der Waals surface area contributed by atoms with E-state index in [0.29, 0.717) is 25.4 Å². The van der Waals surface area contributed by atoms with E-state index in [0.717, 1.165) is 29.8 Å². The number of rotatable bonds is 7. The number of carboxylic acids is 2. The Morgan fingerprint density at radius 2 is 1.42 bits per heavy atom. The lowest BCUT2D eigenvalue weighted by Crippen LogP contribution is -2.49. The summed E-state index contributed by atoms with van der Waals surface area (Å²) >= 11 is 0. The molecule has 1 fully saturated rings. The van der Waals surface area contributed by atoms with Gasteiger partial charge in [-0.3, -0.25) is 19.8 Å². The van der Waals surface area contributed by atoms with Crippen LogP contribution >= 0.6 is 0 Å². The van der Waals surface area contributed by atoms with Crippen LogP contribution in [0.25, 0.3) is 11.1 Å². The predicted octanol–water partition coefficient (Wildman–Crippen LogP) is 3.14. The van der Waals surface area contributed by atoms with Crippen LogP contribution in [0.5, 0.6) is 5.75 Å². The topological polar surface area (TPSA) is 151 Å². The van der Waals surface area contributed by atoms with E-state index in [-0.39, 0.29) is 23.1 Å². The van der Waals surface area contributed by atoms with E-state index in [2.05, 4.69) is 17.0 Å². The average molecular weight is 522 g/mol. The Morgan fingerprint density at radius 1 is 0.816 bits per heavy atom. The summed E-state index contributed by atoms with van der Waals surface area (Å²) in [5.74, 6) is -3.01. The van der Waals surface area contributed by atoms with Gasteiger partial charge < -0.3 is 19.8 Å². The van der Waals surface area contributed by atoms with Crippen LogP contribution in [-0.2, 0) is 20.9 Å². The highest BCUT2D eigenvalue weighted by molar-refractivity contribution is 6.27. The lowest BCUT2D eigenvalue weighted by molar-refractivity contribution is -0.384. The highest BCUT2D eigenvalue weighted by Crippen LogP contribution is 2.22. The van der Waals surface area contributed by atoms with Gasteiger partial charge in [0.15, 0.2) is 6.61 Å². The fourth-order valence-electron chi connectivity index (χ4n) is 3.79. The van der Waals surface area contributed by atoms with Crippen molar-refractivity contribution in [2.45, 2.75) is 6.54 Å². The summed E-state index contributed by atoms with van der Waals surface area (Å²) in [7, 11) is 0. The number of non-ortho nitro benzene ring substituents is 1. The number of amides is 1. The highest BCUT2D eigenvalue weighted by Gasteiger charge is 2.22. The molecule has 4 rings (SSSR count). The molecular weight excluding hydrogens is 494 g/mol. The van der Waals surface area contributed by atoms with E-state index >= 15 is 0 Å². The van der Waals surface area contributed by atoms with Crippen molar-refractivity contribution < 1.29 is 34.3 Å². The molecule has 1 saturated heterocycles. The number of hydrogen-bond donors (Lipinski definition) is 2. The van der Waals surface area contributed by atoms with Gasteiger partial charge in [0, 0.05) is 44.9 Å². The zero-order chi connectivity index (χ0) is 27.5. The van der Waals surface area contributed by atoms with Gasteiger partial charge in [-0.15, -0.1) is 0 Å². The van der Waals surface area contributed by atoms with Crippen LogP contribution in [0.15, 0.2) is 78.9 Å². The Morgan fingerprint density at radius 3 is 2.00 bits per heavy atom. The first-order valence-corrected chi connectivity index (χ1v) is 11.7. The van der Waals surface area contributed by atoms with E-state index in [4.69, 9.17) is 24.5 Å². The number of benzene rings is 3. The van der Waals surface area contributed by atoms with E-state index in [1.165, 1.54) is 6.07 Å². The van der Waals surface area contributed by atoms with Crippen molar-refractivity contribution in [3.63, 3.8) is 0 Å². The van der Waals surface area contributed by atoms with Gasteiger partial charge in [0.2, 0.25) is 0 Å². The maximum atomic E-state index is 12.6. The first-order chi connectivity index (χ1) is 18.2. The summed E-state index contributed by atoms with van der Waals surface area (Å²) in [5, 5.41) is 25.7. The number of aliphatic carboxylic acids is 2. The molecule has 38 heavy (non-hydrogen) atoms. The second-order valence-electron chi connectivity index (χ2n) is 8.37. The predicted molar refractivity (Wildman–Crippen MR) is 138 cm³/mol. The Hall–Kier alpha value is -4.77. The van der Waals surface area contributed by atoms with Crippen LogP contribution in [0.1, 0.15) is 5.56 Å². The quantitative estimate of drug-likeness (QED) is 0.271. The maximum absolute atomic E-state index is 12.6. The lowest BCUT2D eigenvalue weighted by Gasteiger charge is -2.34. The number of hydrogen-bond acceptors (Lipinski definition) is 7. The zero-order valence-corrected chi connectivity index (χ0v) is 20.4. The van der Waals surface area contributed by atoms with Crippen LogP contribution in [0.2, 0.25) is 0 Å². The molecule has 11 nitrogen and oxygen atoms in total. The molecule has 0 saturated carbocycles. The smallest absolute Gasteiger partial charge is 0.414 e. The normalized spacial score (nSPS) is 13.1. The summed E-state index contributed by atoms with van der Waals surface area (Å²) in [6.07, 6.45) is 0. The Labute approximate surface area is 218 Å². The van der Waals surface area contributed by atoms with E-state index in [1.54, 1.807) is 12.1 Å². The number of carboxylic acid groups (broad SMARTS) is 2. The van der Waals surface area contributed by atoms with Crippen LogP contribution in [0, 0.1) is 10.1 Å². The van der Waals surface area contributed by atoms with Gasteiger partial charge in [0.05, 0.1) is 4.92 Å². The van der Waals surface area contributed by atoms with E-state index in [1.807, 2.05) is 53.4 Å². The number of carbonyl (C=O) groups is 3. The first kappa shape index (κ1) is 27.8. The van der Waals surface area contributed by atoms with Crippen molar-refractivity contribution >= 4 is 23.5 Å². The fraction of sp³-hybridized carbons (Fsp3) is 0.222. The summed E-state index contributed by atoms with van der Waals surface area (Å²) in [6.45, 7) is 3.32. The van der Waals surface area contributed by atoms with Gasteiger partial charge in [-0.1, -0.05) is 54.6 Å². The molecule has 3 aromatic rings. The maximum Gasteiger partial charge on any atom is 0.414 e. The molecule has 3 aromatic carbocycles.